The van der Waals surface area contributed by atoms with Gasteiger partial charge in [0, 0.05) is 66.4 Å². The minimum atomic E-state index is -0.527. The maximum absolute atomic E-state index is 16.5. The van der Waals surface area contributed by atoms with Gasteiger partial charge in [-0.05, 0) is 31.5 Å². The molecule has 11 heteroatoms. The van der Waals surface area contributed by atoms with Gasteiger partial charge in [-0.15, -0.1) is 0 Å². The van der Waals surface area contributed by atoms with Crippen molar-refractivity contribution in [2.45, 2.75) is 26.3 Å². The van der Waals surface area contributed by atoms with E-state index >= 15 is 4.39 Å². The molecule has 1 atom stereocenters. The molecule has 1 unspecified atom stereocenters. The average molecular weight is 533 g/mol. The first-order chi connectivity index (χ1) is 18.5. The molecule has 0 saturated carbocycles. The lowest BCUT2D eigenvalue weighted by molar-refractivity contribution is 0.294. The summed E-state index contributed by atoms with van der Waals surface area (Å²) in [5, 5.41) is 12.3. The van der Waals surface area contributed by atoms with Crippen LogP contribution in [0, 0.1) is 12.7 Å². The predicted molar refractivity (Wildman–Crippen MR) is 145 cm³/mol. The van der Waals surface area contributed by atoms with E-state index in [0.29, 0.717) is 42.1 Å². The van der Waals surface area contributed by atoms with Crippen molar-refractivity contribution in [1.82, 2.24) is 35.5 Å². The van der Waals surface area contributed by atoms with Crippen LogP contribution in [0.4, 0.5) is 10.2 Å². The topological polar surface area (TPSA) is 105 Å². The van der Waals surface area contributed by atoms with Crippen LogP contribution in [0.25, 0.3) is 32.9 Å². The van der Waals surface area contributed by atoms with Gasteiger partial charge in [-0.1, -0.05) is 23.7 Å². The van der Waals surface area contributed by atoms with Crippen LogP contribution >= 0.6 is 11.6 Å². The lowest BCUT2D eigenvalue weighted by Gasteiger charge is -2.33. The van der Waals surface area contributed by atoms with Gasteiger partial charge in [-0.2, -0.15) is 15.1 Å². The minimum absolute atomic E-state index is 0.0956. The fourth-order valence-corrected chi connectivity index (χ4v) is 5.24. The smallest absolute Gasteiger partial charge is 0.319 e. The van der Waals surface area contributed by atoms with Crippen LogP contribution in [0.15, 0.2) is 42.9 Å². The number of ether oxygens (including phenoxy) is 1. The summed E-state index contributed by atoms with van der Waals surface area (Å²) in [6.07, 6.45) is 5.54. The van der Waals surface area contributed by atoms with E-state index in [9.17, 15) is 0 Å². The largest absolute Gasteiger partial charge is 0.463 e. The molecule has 2 aromatic carbocycles. The molecule has 1 saturated heterocycles. The Bertz CT molecular complexity index is 1630. The van der Waals surface area contributed by atoms with Crippen molar-refractivity contribution in [3.8, 4) is 17.1 Å². The minimum Gasteiger partial charge on any atom is -0.463 e. The summed E-state index contributed by atoms with van der Waals surface area (Å²) in [6, 6.07) is 7.73. The number of anilines is 1. The number of piperazine rings is 1. The number of hydrogen-bond donors (Lipinski definition) is 2. The van der Waals surface area contributed by atoms with Gasteiger partial charge in [0.05, 0.1) is 23.3 Å². The van der Waals surface area contributed by atoms with Gasteiger partial charge in [0.1, 0.15) is 17.2 Å². The molecule has 4 heterocycles. The summed E-state index contributed by atoms with van der Waals surface area (Å²) in [4.78, 5) is 19.8. The molecular formula is C27H26ClFN8O. The second-order valence-electron chi connectivity index (χ2n) is 9.43. The number of fused-ring (bicyclic) bond motifs is 2. The quantitative estimate of drug-likeness (QED) is 0.330. The van der Waals surface area contributed by atoms with Gasteiger partial charge < -0.3 is 15.0 Å². The number of rotatable bonds is 6. The number of hydrogen-bond acceptors (Lipinski definition) is 8. The summed E-state index contributed by atoms with van der Waals surface area (Å²) in [7, 11) is 0. The predicted octanol–water partition coefficient (Wildman–Crippen LogP) is 4.48. The monoisotopic (exact) mass is 532 g/mol. The summed E-state index contributed by atoms with van der Waals surface area (Å²) >= 11 is 6.81. The van der Waals surface area contributed by atoms with Crippen molar-refractivity contribution in [2.75, 3.05) is 31.1 Å². The summed E-state index contributed by atoms with van der Waals surface area (Å²) < 4.78 is 22.4. The number of nitrogens with one attached hydrogen (secondary N) is 2. The highest BCUT2D eigenvalue weighted by Gasteiger charge is 2.26. The number of benzene rings is 2. The highest BCUT2D eigenvalue weighted by atomic mass is 35.5. The normalized spacial score (nSPS) is 15.9. The van der Waals surface area contributed by atoms with Crippen molar-refractivity contribution in [3.05, 3.63) is 65.1 Å². The Morgan fingerprint density at radius 3 is 2.84 bits per heavy atom. The van der Waals surface area contributed by atoms with E-state index in [0.717, 1.165) is 23.0 Å². The molecule has 5 aromatic rings. The van der Waals surface area contributed by atoms with Gasteiger partial charge in [0.15, 0.2) is 5.82 Å². The molecule has 3 aromatic heterocycles. The third-order valence-electron chi connectivity index (χ3n) is 6.76. The molecule has 38 heavy (non-hydrogen) atoms. The van der Waals surface area contributed by atoms with Gasteiger partial charge >= 0.3 is 6.01 Å². The van der Waals surface area contributed by atoms with Crippen LogP contribution in [-0.4, -0.2) is 62.4 Å². The summed E-state index contributed by atoms with van der Waals surface area (Å²) in [6.45, 7) is 6.47. The molecule has 1 fully saturated rings. The Balaban J connectivity index is 1.49. The standard InChI is InChI=1S/C27H26ClFN8O/c1-15-4-5-17-13-33-36-24(17)21(15)22-19(28)12-18-25(23(22)29)34-27(38-11-6-20-31-7-3-8-32-20)35-26(18)37-10-9-30-16(2)14-37/h3-5,7-8,12-13,16,30H,6,9-11,14H2,1-2H3,(H,33,36). The van der Waals surface area contributed by atoms with Crippen molar-refractivity contribution in [1.29, 1.82) is 0 Å². The lowest BCUT2D eigenvalue weighted by Crippen LogP contribution is -2.49. The Labute approximate surface area is 223 Å². The molecule has 2 N–H and O–H groups in total. The zero-order valence-electron chi connectivity index (χ0n) is 21.0. The second kappa shape index (κ2) is 10.1. The van der Waals surface area contributed by atoms with Crippen LogP contribution < -0.4 is 15.0 Å². The maximum Gasteiger partial charge on any atom is 0.319 e. The van der Waals surface area contributed by atoms with Crippen molar-refractivity contribution >= 4 is 39.2 Å². The van der Waals surface area contributed by atoms with Crippen molar-refractivity contribution in [2.24, 2.45) is 0 Å². The van der Waals surface area contributed by atoms with Crippen LogP contribution in [0.3, 0.4) is 0 Å². The molecule has 1 aliphatic heterocycles. The van der Waals surface area contributed by atoms with Crippen molar-refractivity contribution in [3.63, 3.8) is 0 Å². The first kappa shape index (κ1) is 24.4. The number of aromatic nitrogens is 6. The number of halogens is 2. The van der Waals surface area contributed by atoms with E-state index in [1.807, 2.05) is 19.1 Å². The number of aryl methyl sites for hydroxylation is 1. The zero-order valence-corrected chi connectivity index (χ0v) is 21.8. The third kappa shape index (κ3) is 4.50. The highest BCUT2D eigenvalue weighted by molar-refractivity contribution is 6.35. The second-order valence-corrected chi connectivity index (χ2v) is 9.84. The molecule has 0 amide bonds. The van der Waals surface area contributed by atoms with E-state index in [-0.39, 0.29) is 34.8 Å². The Morgan fingerprint density at radius 1 is 1.18 bits per heavy atom. The first-order valence-electron chi connectivity index (χ1n) is 12.5. The molecule has 0 spiro atoms. The molecule has 194 valence electrons. The first-order valence-corrected chi connectivity index (χ1v) is 12.9. The van der Waals surface area contributed by atoms with Gasteiger partial charge in [0.2, 0.25) is 0 Å². The van der Waals surface area contributed by atoms with E-state index in [4.69, 9.17) is 21.3 Å². The number of H-pyrrole nitrogens is 1. The molecule has 0 bridgehead atoms. The van der Waals surface area contributed by atoms with Crippen LogP contribution in [-0.2, 0) is 6.42 Å². The average Bonchev–Trinajstić information content (AvgIpc) is 3.39. The van der Waals surface area contributed by atoms with Crippen LogP contribution in [0.2, 0.25) is 5.02 Å². The van der Waals surface area contributed by atoms with Crippen molar-refractivity contribution < 1.29 is 9.13 Å². The molecule has 6 rings (SSSR count). The Morgan fingerprint density at radius 2 is 2.03 bits per heavy atom. The van der Waals surface area contributed by atoms with E-state index < -0.39 is 5.82 Å². The maximum atomic E-state index is 16.5. The van der Waals surface area contributed by atoms with E-state index in [2.05, 4.69) is 42.3 Å². The number of aromatic amines is 1. The molecule has 0 radical (unpaired) electrons. The SMILES string of the molecule is Cc1ccc2cn[nH]c2c1-c1c(Cl)cc2c(N3CCNC(C)C3)nc(OCCc3ncccn3)nc2c1F. The molecular weight excluding hydrogens is 507 g/mol. The zero-order chi connectivity index (χ0) is 26.2. The Kier molecular flexibility index (Phi) is 6.50. The number of nitrogens with zero attached hydrogens (tertiary/aromatic N) is 6. The van der Waals surface area contributed by atoms with Crippen LogP contribution in [0.1, 0.15) is 18.3 Å². The molecule has 9 nitrogen and oxygen atoms in total. The van der Waals surface area contributed by atoms with E-state index in [1.165, 1.54) is 0 Å². The fourth-order valence-electron chi connectivity index (χ4n) is 4.95. The van der Waals surface area contributed by atoms with Crippen LogP contribution in [0.5, 0.6) is 6.01 Å². The lowest BCUT2D eigenvalue weighted by atomic mass is 9.96. The summed E-state index contributed by atoms with van der Waals surface area (Å²) in [5.74, 6) is 0.715. The third-order valence-corrected chi connectivity index (χ3v) is 7.06. The van der Waals surface area contributed by atoms with E-state index in [1.54, 1.807) is 30.7 Å². The van der Waals surface area contributed by atoms with Gasteiger partial charge in [-0.25, -0.2) is 14.4 Å². The summed E-state index contributed by atoms with van der Waals surface area (Å²) in [5.41, 5.74) is 2.67. The fraction of sp³-hybridized carbons (Fsp3) is 0.296. The van der Waals surface area contributed by atoms with Gasteiger partial charge in [0.25, 0.3) is 0 Å². The molecule has 1 aliphatic rings. The highest BCUT2D eigenvalue weighted by Crippen LogP contribution is 2.42. The Hall–Kier alpha value is -3.89. The molecule has 0 aliphatic carbocycles. The van der Waals surface area contributed by atoms with Gasteiger partial charge in [-0.3, -0.25) is 5.10 Å².